The van der Waals surface area contributed by atoms with E-state index >= 15 is 0 Å². The maximum Gasteiger partial charge on any atom is 0.460 e. The van der Waals surface area contributed by atoms with Crippen LogP contribution in [0, 0.1) is 0 Å². The second kappa shape index (κ2) is 6.71. The summed E-state index contributed by atoms with van der Waals surface area (Å²) in [6.07, 6.45) is -14.0. The van der Waals surface area contributed by atoms with Gasteiger partial charge in [-0.1, -0.05) is 30.3 Å². The van der Waals surface area contributed by atoms with E-state index < -0.39 is 42.6 Å². The van der Waals surface area contributed by atoms with Crippen LogP contribution in [-0.4, -0.2) is 36.0 Å². The Morgan fingerprint density at radius 1 is 0.556 bits per heavy atom. The molecule has 1 rings (SSSR count). The van der Waals surface area contributed by atoms with Gasteiger partial charge in [-0.2, -0.15) is 57.1 Å². The van der Waals surface area contributed by atoms with Gasteiger partial charge < -0.3 is 4.74 Å². The topological polar surface area (TPSA) is 9.23 Å². The monoisotopic (exact) mass is 426 g/mol. The maximum absolute atomic E-state index is 13.3. The molecule has 0 heterocycles. The molecule has 0 aromatic heterocycles. The number of ether oxygens (including phenoxy) is 1. The highest BCUT2D eigenvalue weighted by molar-refractivity contribution is 5.14. The molecule has 1 nitrogen and oxygen atoms in total. The Morgan fingerprint density at radius 2 is 0.963 bits per heavy atom. The van der Waals surface area contributed by atoms with Crippen LogP contribution in [0.1, 0.15) is 5.56 Å². The largest absolute Gasteiger partial charge is 0.460 e. The number of halogens is 13. The van der Waals surface area contributed by atoms with Gasteiger partial charge in [0.2, 0.25) is 0 Å². The first-order valence-corrected chi connectivity index (χ1v) is 6.46. The van der Waals surface area contributed by atoms with Crippen LogP contribution in [0.3, 0.4) is 0 Å². The average Bonchev–Trinajstić information content (AvgIpc) is 2.52. The number of hydrogen-bond donors (Lipinski definition) is 0. The number of hydrogen-bond acceptors (Lipinski definition) is 1. The summed E-state index contributed by atoms with van der Waals surface area (Å²) in [5, 5.41) is 0. The van der Waals surface area contributed by atoms with Gasteiger partial charge in [-0.25, -0.2) is 0 Å². The molecule has 156 valence electrons. The first-order valence-electron chi connectivity index (χ1n) is 6.46. The van der Waals surface area contributed by atoms with Crippen LogP contribution in [0.4, 0.5) is 57.1 Å². The zero-order valence-electron chi connectivity index (χ0n) is 12.4. The lowest BCUT2D eigenvalue weighted by molar-refractivity contribution is -0.467. The van der Waals surface area contributed by atoms with Gasteiger partial charge in [0.05, 0.1) is 6.61 Å². The smallest absolute Gasteiger partial charge is 0.311 e. The minimum absolute atomic E-state index is 0.344. The van der Waals surface area contributed by atoms with E-state index in [1.165, 1.54) is 6.07 Å². The molecule has 0 fully saturated rings. The third-order valence-electron chi connectivity index (χ3n) is 3.17. The lowest BCUT2D eigenvalue weighted by Crippen LogP contribution is -2.70. The molecule has 0 aliphatic rings. The zero-order chi connectivity index (χ0) is 21.5. The Bertz CT molecular complexity index is 635. The van der Waals surface area contributed by atoms with Crippen molar-refractivity contribution in [3.8, 4) is 0 Å². The molecule has 0 N–H and O–H groups in total. The summed E-state index contributed by atoms with van der Waals surface area (Å²) in [6, 6.07) is 5.53. The lowest BCUT2D eigenvalue weighted by atomic mass is 9.97. The van der Waals surface area contributed by atoms with Crippen molar-refractivity contribution < 1.29 is 61.8 Å². The van der Waals surface area contributed by atoms with Crippen LogP contribution in [0.2, 0.25) is 0 Å². The minimum Gasteiger partial charge on any atom is -0.311 e. The second-order valence-corrected chi connectivity index (χ2v) is 5.09. The lowest BCUT2D eigenvalue weighted by Gasteiger charge is -2.39. The molecule has 0 bridgehead atoms. The van der Waals surface area contributed by atoms with Crippen molar-refractivity contribution in [2.24, 2.45) is 0 Å². The fourth-order valence-electron chi connectivity index (χ4n) is 1.59. The normalized spacial score (nSPS) is 15.1. The molecule has 0 unspecified atom stereocenters. The fourth-order valence-corrected chi connectivity index (χ4v) is 1.59. The Hall–Kier alpha value is -1.73. The average molecular weight is 426 g/mol. The Balaban J connectivity index is 3.24. The van der Waals surface area contributed by atoms with Crippen molar-refractivity contribution in [3.63, 3.8) is 0 Å². The molecule has 0 atom stereocenters. The molecule has 1 aromatic rings. The Labute approximate surface area is 141 Å². The van der Waals surface area contributed by atoms with Gasteiger partial charge in [0, 0.05) is 0 Å². The van der Waals surface area contributed by atoms with E-state index in [9.17, 15) is 57.1 Å². The van der Waals surface area contributed by atoms with E-state index in [0.717, 1.165) is 24.3 Å². The molecular formula is C13H7F13O. The Kier molecular flexibility index (Phi) is 5.79. The first kappa shape index (κ1) is 23.3. The van der Waals surface area contributed by atoms with Crippen molar-refractivity contribution in [2.75, 3.05) is 0 Å². The first-order chi connectivity index (χ1) is 11.8. The van der Waals surface area contributed by atoms with E-state index in [-0.39, 0.29) is 5.56 Å². The fraction of sp³-hybridized carbons (Fsp3) is 0.538. The number of alkyl halides is 13. The minimum atomic E-state index is -7.93. The van der Waals surface area contributed by atoms with Crippen LogP contribution in [0.15, 0.2) is 30.3 Å². The summed E-state index contributed by atoms with van der Waals surface area (Å²) in [5.74, 6) is -31.0. The third-order valence-corrected chi connectivity index (χ3v) is 3.17. The van der Waals surface area contributed by atoms with E-state index in [0.29, 0.717) is 0 Å². The van der Waals surface area contributed by atoms with Gasteiger partial charge in [0.1, 0.15) is 0 Å². The van der Waals surface area contributed by atoms with E-state index in [1.807, 2.05) is 0 Å². The molecule has 0 aliphatic carbocycles. The molecule has 27 heavy (non-hydrogen) atoms. The molecule has 0 spiro atoms. The van der Waals surface area contributed by atoms with Crippen LogP contribution in [0.5, 0.6) is 0 Å². The van der Waals surface area contributed by atoms with E-state index in [2.05, 4.69) is 4.74 Å². The van der Waals surface area contributed by atoms with Crippen LogP contribution >= 0.6 is 0 Å². The molecule has 0 aliphatic heterocycles. The summed E-state index contributed by atoms with van der Waals surface area (Å²) in [4.78, 5) is 0. The molecule has 0 saturated heterocycles. The van der Waals surface area contributed by atoms with Crippen LogP contribution in [0.25, 0.3) is 0 Å². The zero-order valence-corrected chi connectivity index (χ0v) is 12.4. The van der Waals surface area contributed by atoms with Crippen LogP contribution in [-0.2, 0) is 11.3 Å². The molecule has 0 radical (unpaired) electrons. The summed E-state index contributed by atoms with van der Waals surface area (Å²) < 4.78 is 169. The molecule has 0 saturated carbocycles. The van der Waals surface area contributed by atoms with Crippen molar-refractivity contribution in [3.05, 3.63) is 35.9 Å². The summed E-state index contributed by atoms with van der Waals surface area (Å²) >= 11 is 0. The predicted molar refractivity (Wildman–Crippen MR) is 62.0 cm³/mol. The van der Waals surface area contributed by atoms with Crippen molar-refractivity contribution in [2.45, 2.75) is 42.6 Å². The Morgan fingerprint density at radius 3 is 1.37 bits per heavy atom. The molecular weight excluding hydrogens is 419 g/mol. The summed E-state index contributed by atoms with van der Waals surface area (Å²) in [7, 11) is 0. The van der Waals surface area contributed by atoms with Gasteiger partial charge in [-0.15, -0.1) is 0 Å². The molecule has 14 heteroatoms. The predicted octanol–water partition coefficient (Wildman–Crippen LogP) is 5.90. The van der Waals surface area contributed by atoms with Gasteiger partial charge in [-0.3, -0.25) is 0 Å². The molecule has 1 aromatic carbocycles. The van der Waals surface area contributed by atoms with Gasteiger partial charge >= 0.3 is 36.0 Å². The van der Waals surface area contributed by atoms with Gasteiger partial charge in [-0.05, 0) is 5.56 Å². The number of rotatable bonds is 7. The van der Waals surface area contributed by atoms with E-state index in [1.54, 1.807) is 0 Å². The quantitative estimate of drug-likeness (QED) is 0.494. The highest BCUT2D eigenvalue weighted by atomic mass is 19.4. The summed E-state index contributed by atoms with van der Waals surface area (Å²) in [6.45, 7) is -1.57. The van der Waals surface area contributed by atoms with Crippen molar-refractivity contribution >= 4 is 0 Å². The molecule has 0 amide bonds. The third kappa shape index (κ3) is 3.67. The van der Waals surface area contributed by atoms with Gasteiger partial charge in [0.15, 0.2) is 0 Å². The summed E-state index contributed by atoms with van der Waals surface area (Å²) in [5.41, 5.74) is -0.344. The van der Waals surface area contributed by atoms with Crippen molar-refractivity contribution in [1.82, 2.24) is 0 Å². The van der Waals surface area contributed by atoms with Crippen molar-refractivity contribution in [1.29, 1.82) is 0 Å². The second-order valence-electron chi connectivity index (χ2n) is 5.09. The highest BCUT2D eigenvalue weighted by Crippen LogP contribution is 2.60. The van der Waals surface area contributed by atoms with Gasteiger partial charge in [0.25, 0.3) is 0 Å². The highest BCUT2D eigenvalue weighted by Gasteiger charge is 2.91. The maximum atomic E-state index is 13.3. The SMILES string of the molecule is FC(F)(F)C(F)(F)C(F)(F)C(F)(F)C(F)(F)C(F)(F)OCc1ccccc1. The standard InChI is InChI=1S/C13H7F13O/c14-8(15,10(18,19)12(22,23)24)9(16,17)11(20,21)13(25,26)27-6-7-4-2-1-3-5-7/h1-5H,6H2. The number of benzene rings is 1. The van der Waals surface area contributed by atoms with Crippen LogP contribution < -0.4 is 0 Å². The van der Waals surface area contributed by atoms with E-state index in [4.69, 9.17) is 0 Å².